The highest BCUT2D eigenvalue weighted by Crippen LogP contribution is 2.76. The average Bonchev–Trinajstić information content (AvgIpc) is 3.20. The van der Waals surface area contributed by atoms with E-state index in [-0.39, 0.29) is 23.9 Å². The standard InChI is InChI=1S/C35H50O10/c1-7-8-9-10-11-12-13-14-15-16-25(36)44-34-19-22(3)33-18-21(2)29-35(33,45-31(40)43-29)27(37)23(20-42-30(39)41-6)17-24(28(33)38)26(34)32(34,4)5/h17-18,22,24,26-27,29,37H,7-16,19-20H2,1-6H3/t22-,24+,26-,27-,29+,33+,34+,35+/m1/s1. The molecule has 250 valence electrons. The van der Waals surface area contributed by atoms with Gasteiger partial charge in [0.05, 0.1) is 12.5 Å². The number of ketones is 1. The molecule has 0 radical (unpaired) electrons. The summed E-state index contributed by atoms with van der Waals surface area (Å²) in [5.41, 5.74) is -3.94. The van der Waals surface area contributed by atoms with E-state index in [1.165, 1.54) is 45.6 Å². The van der Waals surface area contributed by atoms with E-state index in [0.717, 1.165) is 19.3 Å². The number of esters is 1. The van der Waals surface area contributed by atoms with Gasteiger partial charge >= 0.3 is 18.3 Å². The van der Waals surface area contributed by atoms with Gasteiger partial charge < -0.3 is 28.8 Å². The van der Waals surface area contributed by atoms with E-state index in [4.69, 9.17) is 18.9 Å². The summed E-state index contributed by atoms with van der Waals surface area (Å²) in [5.74, 6) is -2.21. The monoisotopic (exact) mass is 630 g/mol. The number of aliphatic hydroxyl groups excluding tert-OH is 1. The maximum Gasteiger partial charge on any atom is 0.509 e. The van der Waals surface area contributed by atoms with Gasteiger partial charge in [0.1, 0.15) is 18.3 Å². The van der Waals surface area contributed by atoms with Crippen molar-refractivity contribution in [3.8, 4) is 0 Å². The van der Waals surface area contributed by atoms with Crippen LogP contribution in [0.5, 0.6) is 0 Å². The molecular weight excluding hydrogens is 580 g/mol. The second kappa shape index (κ2) is 12.4. The van der Waals surface area contributed by atoms with Crippen LogP contribution >= 0.6 is 0 Å². The van der Waals surface area contributed by atoms with Gasteiger partial charge in [0.25, 0.3) is 0 Å². The molecule has 45 heavy (non-hydrogen) atoms. The lowest BCUT2D eigenvalue weighted by molar-refractivity contribution is -0.165. The fourth-order valence-corrected chi connectivity index (χ4v) is 9.33. The Morgan fingerprint density at radius 1 is 1.04 bits per heavy atom. The summed E-state index contributed by atoms with van der Waals surface area (Å²) >= 11 is 0. The first kappa shape index (κ1) is 33.5. The van der Waals surface area contributed by atoms with Gasteiger partial charge in [-0.1, -0.05) is 91.2 Å². The van der Waals surface area contributed by atoms with Crippen molar-refractivity contribution in [3.63, 3.8) is 0 Å². The number of aliphatic hydroxyl groups is 1. The summed E-state index contributed by atoms with van der Waals surface area (Å²) in [6.45, 7) is 9.49. The van der Waals surface area contributed by atoms with Crippen molar-refractivity contribution in [2.45, 2.75) is 129 Å². The largest absolute Gasteiger partial charge is 0.509 e. The van der Waals surface area contributed by atoms with E-state index in [0.29, 0.717) is 18.4 Å². The van der Waals surface area contributed by atoms with Crippen molar-refractivity contribution in [1.29, 1.82) is 0 Å². The van der Waals surface area contributed by atoms with Crippen molar-refractivity contribution >= 4 is 24.1 Å². The van der Waals surface area contributed by atoms with Gasteiger partial charge in [-0.3, -0.25) is 9.59 Å². The van der Waals surface area contributed by atoms with Crippen molar-refractivity contribution in [2.24, 2.45) is 28.6 Å². The van der Waals surface area contributed by atoms with Gasteiger partial charge in [0, 0.05) is 23.7 Å². The molecule has 10 heteroatoms. The Labute approximate surface area is 266 Å². The Balaban J connectivity index is 1.41. The molecule has 5 aliphatic rings. The van der Waals surface area contributed by atoms with E-state index >= 15 is 0 Å². The molecule has 0 aromatic heterocycles. The molecule has 1 saturated heterocycles. The SMILES string of the molecule is CCCCCCCCCCCC(=O)O[C@@]12C[C@@H](C)[C@]34C=C(C)[C@@H]5OC(=O)O[C@@]53[C@H](O)C(COC(=O)OC)=C[C@H](C4=O)[C@@H]1C2(C)C. The van der Waals surface area contributed by atoms with Gasteiger partial charge in [0.15, 0.2) is 11.9 Å². The molecule has 10 nitrogen and oxygen atoms in total. The lowest BCUT2D eigenvalue weighted by Crippen LogP contribution is -2.64. The third-order valence-electron chi connectivity index (χ3n) is 11.6. The second-order valence-electron chi connectivity index (χ2n) is 14.4. The summed E-state index contributed by atoms with van der Waals surface area (Å²) in [6.07, 6.45) is 9.90. The van der Waals surface area contributed by atoms with Crippen LogP contribution in [0.15, 0.2) is 23.3 Å². The third-order valence-corrected chi connectivity index (χ3v) is 11.6. The van der Waals surface area contributed by atoms with Gasteiger partial charge in [-0.15, -0.1) is 0 Å². The first-order chi connectivity index (χ1) is 21.3. The molecule has 1 N–H and O–H groups in total. The van der Waals surface area contributed by atoms with Crippen LogP contribution in [0, 0.1) is 28.6 Å². The molecule has 4 aliphatic carbocycles. The quantitative estimate of drug-likeness (QED) is 0.106. The van der Waals surface area contributed by atoms with E-state index in [1.807, 2.05) is 20.8 Å². The van der Waals surface area contributed by atoms with Crippen molar-refractivity contribution in [1.82, 2.24) is 0 Å². The Kier molecular flexibility index (Phi) is 9.21. The van der Waals surface area contributed by atoms with Crippen LogP contribution in [0.2, 0.25) is 0 Å². The van der Waals surface area contributed by atoms with Crippen LogP contribution < -0.4 is 0 Å². The van der Waals surface area contributed by atoms with Gasteiger partial charge in [-0.05, 0) is 36.8 Å². The first-order valence-electron chi connectivity index (χ1n) is 16.8. The summed E-state index contributed by atoms with van der Waals surface area (Å²) in [5, 5.41) is 12.0. The summed E-state index contributed by atoms with van der Waals surface area (Å²) in [6, 6.07) is 0. The van der Waals surface area contributed by atoms with Crippen LogP contribution in [0.25, 0.3) is 0 Å². The third kappa shape index (κ3) is 5.10. The fraction of sp³-hybridized carbons (Fsp3) is 0.771. The zero-order chi connectivity index (χ0) is 32.8. The summed E-state index contributed by atoms with van der Waals surface area (Å²) < 4.78 is 27.8. The number of methoxy groups -OCH3 is 1. The topological polar surface area (TPSA) is 135 Å². The first-order valence-corrected chi connectivity index (χ1v) is 16.8. The Bertz CT molecular complexity index is 1270. The number of ether oxygens (including phenoxy) is 5. The molecule has 5 rings (SSSR count). The minimum atomic E-state index is -1.80. The number of Topliss-reactive ketones (excluding diaryl/α,β-unsaturated/α-hetero) is 1. The lowest BCUT2D eigenvalue weighted by atomic mass is 9.59. The van der Waals surface area contributed by atoms with Crippen LogP contribution in [0.3, 0.4) is 0 Å². The average molecular weight is 631 g/mol. The molecule has 0 amide bonds. The lowest BCUT2D eigenvalue weighted by Gasteiger charge is -2.47. The normalized spacial score (nSPS) is 37.0. The molecule has 2 bridgehead atoms. The highest BCUT2D eigenvalue weighted by molar-refractivity contribution is 5.96. The fourth-order valence-electron chi connectivity index (χ4n) is 9.33. The predicted molar refractivity (Wildman–Crippen MR) is 163 cm³/mol. The molecule has 1 aliphatic heterocycles. The number of hydrogen-bond donors (Lipinski definition) is 1. The minimum absolute atomic E-state index is 0.207. The minimum Gasteiger partial charge on any atom is -0.458 e. The molecule has 2 spiro atoms. The van der Waals surface area contributed by atoms with Crippen molar-refractivity contribution < 1.29 is 48.0 Å². The Morgan fingerprint density at radius 2 is 1.69 bits per heavy atom. The summed E-state index contributed by atoms with van der Waals surface area (Å²) in [7, 11) is 1.17. The van der Waals surface area contributed by atoms with Gasteiger partial charge in [-0.2, -0.15) is 0 Å². The van der Waals surface area contributed by atoms with Crippen LogP contribution in [0.4, 0.5) is 9.59 Å². The number of fused-ring (bicyclic) bond motifs is 3. The Hall–Kier alpha value is -2.88. The summed E-state index contributed by atoms with van der Waals surface area (Å²) in [4.78, 5) is 53.0. The highest BCUT2D eigenvalue weighted by Gasteiger charge is 2.85. The Morgan fingerprint density at radius 3 is 2.33 bits per heavy atom. The maximum atomic E-state index is 14.9. The molecule has 2 saturated carbocycles. The van der Waals surface area contributed by atoms with E-state index in [9.17, 15) is 24.3 Å². The number of hydrogen-bond acceptors (Lipinski definition) is 10. The number of rotatable bonds is 13. The van der Waals surface area contributed by atoms with Crippen LogP contribution in [-0.4, -0.2) is 66.3 Å². The van der Waals surface area contributed by atoms with E-state index < -0.39 is 64.3 Å². The smallest absolute Gasteiger partial charge is 0.458 e. The number of allylic oxidation sites excluding steroid dienone is 1. The predicted octanol–water partition coefficient (Wildman–Crippen LogP) is 6.37. The van der Waals surface area contributed by atoms with Crippen molar-refractivity contribution in [3.05, 3.63) is 23.3 Å². The van der Waals surface area contributed by atoms with Crippen molar-refractivity contribution in [2.75, 3.05) is 13.7 Å². The molecule has 3 fully saturated rings. The zero-order valence-electron chi connectivity index (χ0n) is 27.6. The van der Waals surface area contributed by atoms with Crippen LogP contribution in [0.1, 0.15) is 105 Å². The number of carbonyl (C=O) groups is 4. The zero-order valence-corrected chi connectivity index (χ0v) is 27.6. The van der Waals surface area contributed by atoms with Gasteiger partial charge in [0.2, 0.25) is 5.60 Å². The van der Waals surface area contributed by atoms with Crippen LogP contribution in [-0.2, 0) is 33.3 Å². The molecular formula is C35H50O10. The molecule has 0 aromatic carbocycles. The molecule has 1 heterocycles. The van der Waals surface area contributed by atoms with E-state index in [1.54, 1.807) is 19.1 Å². The van der Waals surface area contributed by atoms with E-state index in [2.05, 4.69) is 11.7 Å². The maximum absolute atomic E-state index is 14.9. The molecule has 0 aromatic rings. The van der Waals surface area contributed by atoms with Gasteiger partial charge in [-0.25, -0.2) is 9.59 Å². The number of unbranched alkanes of at least 4 members (excludes halogenated alkanes) is 8. The number of carbonyl (C=O) groups excluding carboxylic acids is 4. The molecule has 0 unspecified atom stereocenters. The second-order valence-corrected chi connectivity index (χ2v) is 14.4. The highest BCUT2D eigenvalue weighted by atomic mass is 16.8. The molecule has 8 atom stereocenters.